The van der Waals surface area contributed by atoms with Crippen molar-refractivity contribution >= 4 is 30.7 Å². The molecule has 0 radical (unpaired) electrons. The maximum Gasteiger partial charge on any atom is 0.0443 e. The van der Waals surface area contributed by atoms with Crippen LogP contribution >= 0.6 is 22.6 Å². The van der Waals surface area contributed by atoms with Gasteiger partial charge in [0.05, 0.1) is 0 Å². The Kier molecular flexibility index (Phi) is 4.58. The highest BCUT2D eigenvalue weighted by Crippen LogP contribution is 2.19. The molecule has 0 aliphatic rings. The molecule has 1 nitrogen and oxygen atoms in total. The number of hydrogen-bond acceptors (Lipinski definition) is 1. The maximum absolute atomic E-state index is 6.04. The minimum absolute atomic E-state index is 0.0703. The average Bonchev–Trinajstić information content (AvgIpc) is 1.83. The summed E-state index contributed by atoms with van der Waals surface area (Å²) in [6.07, 6.45) is 1.19. The third kappa shape index (κ3) is 7.27. The summed E-state index contributed by atoms with van der Waals surface area (Å²) in [5, 5.41) is 0. The topological polar surface area (TPSA) is 26.0 Å². The molecule has 68 valence electrons. The molecule has 2 N–H and O–H groups in total. The maximum atomic E-state index is 6.04. The Bertz CT molecular complexity index is 118. The van der Waals surface area contributed by atoms with Crippen LogP contribution in [0.15, 0.2) is 0 Å². The van der Waals surface area contributed by atoms with E-state index in [4.69, 9.17) is 5.73 Å². The molecule has 0 aromatic heterocycles. The molecule has 1 atom stereocenters. The van der Waals surface area contributed by atoms with Gasteiger partial charge in [0.25, 0.3) is 0 Å². The van der Waals surface area contributed by atoms with E-state index in [2.05, 4.69) is 49.2 Å². The van der Waals surface area contributed by atoms with E-state index in [-0.39, 0.29) is 5.54 Å². The summed E-state index contributed by atoms with van der Waals surface area (Å²) in [5.41, 5.74) is 6.11. The number of halogens is 1. The minimum atomic E-state index is -0.867. The van der Waals surface area contributed by atoms with Crippen LogP contribution in [-0.4, -0.2) is 18.0 Å². The fourth-order valence-corrected chi connectivity index (χ4v) is 2.43. The smallest absolute Gasteiger partial charge is 0.0443 e. The molecule has 0 saturated heterocycles. The van der Waals surface area contributed by atoms with E-state index in [1.165, 1.54) is 12.5 Å². The van der Waals surface area contributed by atoms with Gasteiger partial charge in [-0.05, 0) is 13.3 Å². The predicted octanol–water partition coefficient (Wildman–Crippen LogP) is 2.87. The molecule has 0 aliphatic heterocycles. The number of nitrogens with two attached hydrogens (primary N) is 1. The molecule has 0 rings (SSSR count). The molecule has 0 spiro atoms. The van der Waals surface area contributed by atoms with Gasteiger partial charge in [0, 0.05) is 18.0 Å². The molecule has 11 heavy (non-hydrogen) atoms. The Labute approximate surface area is 85.3 Å². The van der Waals surface area contributed by atoms with Crippen molar-refractivity contribution in [2.45, 2.75) is 44.6 Å². The minimum Gasteiger partial charge on any atom is -0.325 e. The van der Waals surface area contributed by atoms with Gasteiger partial charge in [0.2, 0.25) is 0 Å². The van der Waals surface area contributed by atoms with Crippen molar-refractivity contribution in [3.05, 3.63) is 0 Å². The molecule has 0 amide bonds. The summed E-state index contributed by atoms with van der Waals surface area (Å²) in [6.45, 7) is 9.35. The zero-order valence-electron chi connectivity index (χ0n) is 8.08. The molecular weight excluding hydrogens is 265 g/mol. The number of hydrogen-bond donors (Lipinski definition) is 1. The fourth-order valence-electron chi connectivity index (χ4n) is 0.727. The molecule has 3 heteroatoms. The quantitative estimate of drug-likeness (QED) is 0.480. The van der Waals surface area contributed by atoms with Gasteiger partial charge in [0.15, 0.2) is 0 Å². The normalized spacial score (nSPS) is 18.0. The first kappa shape index (κ1) is 11.9. The van der Waals surface area contributed by atoms with Crippen molar-refractivity contribution < 1.29 is 0 Å². The summed E-state index contributed by atoms with van der Waals surface area (Å²) >= 11 is 2.37. The average molecular weight is 285 g/mol. The molecular formula is C8H20INSi. The standard InChI is InChI=1S/C8H20INSi/c1-8(10,7-9)5-6-11(2,3)4/h5-7,10H2,1-4H3. The first-order valence-corrected chi connectivity index (χ1v) is 9.35. The van der Waals surface area contributed by atoms with Gasteiger partial charge in [-0.25, -0.2) is 0 Å². The van der Waals surface area contributed by atoms with Crippen LogP contribution in [0, 0.1) is 0 Å². The first-order valence-electron chi connectivity index (χ1n) is 4.12. The molecule has 0 bridgehead atoms. The van der Waals surface area contributed by atoms with Gasteiger partial charge in [-0.15, -0.1) is 0 Å². The lowest BCUT2D eigenvalue weighted by molar-refractivity contribution is 0.515. The van der Waals surface area contributed by atoms with Crippen LogP contribution in [0.25, 0.3) is 0 Å². The van der Waals surface area contributed by atoms with Crippen molar-refractivity contribution in [2.24, 2.45) is 5.73 Å². The van der Waals surface area contributed by atoms with Crippen LogP contribution in [0.5, 0.6) is 0 Å². The van der Waals surface area contributed by atoms with Gasteiger partial charge in [-0.1, -0.05) is 48.3 Å². The van der Waals surface area contributed by atoms with E-state index in [1.807, 2.05) is 0 Å². The second kappa shape index (κ2) is 4.23. The summed E-state index contributed by atoms with van der Waals surface area (Å²) in [5.74, 6) is 0. The van der Waals surface area contributed by atoms with Gasteiger partial charge in [-0.2, -0.15) is 0 Å². The van der Waals surface area contributed by atoms with Gasteiger partial charge in [-0.3, -0.25) is 0 Å². The Morgan fingerprint density at radius 2 is 1.82 bits per heavy atom. The van der Waals surface area contributed by atoms with E-state index in [1.54, 1.807) is 0 Å². The highest BCUT2D eigenvalue weighted by molar-refractivity contribution is 14.1. The van der Waals surface area contributed by atoms with Gasteiger partial charge in [0.1, 0.15) is 0 Å². The third-order valence-electron chi connectivity index (χ3n) is 1.75. The van der Waals surface area contributed by atoms with E-state index < -0.39 is 8.07 Å². The zero-order valence-corrected chi connectivity index (χ0v) is 11.2. The Hall–Kier alpha value is 0.907. The Morgan fingerprint density at radius 3 is 2.09 bits per heavy atom. The summed E-state index contributed by atoms with van der Waals surface area (Å²) in [4.78, 5) is 0. The zero-order chi connectivity index (χ0) is 9.12. The fraction of sp³-hybridized carbons (Fsp3) is 1.00. The van der Waals surface area contributed by atoms with E-state index >= 15 is 0 Å². The predicted molar refractivity (Wildman–Crippen MR) is 64.2 cm³/mol. The number of alkyl halides is 1. The Balaban J connectivity index is 3.70. The lowest BCUT2D eigenvalue weighted by Gasteiger charge is -2.25. The largest absolute Gasteiger partial charge is 0.325 e. The summed E-state index contributed by atoms with van der Waals surface area (Å²) in [7, 11) is -0.867. The highest BCUT2D eigenvalue weighted by atomic mass is 127. The lowest BCUT2D eigenvalue weighted by atomic mass is 10.0. The van der Waals surface area contributed by atoms with E-state index in [0.717, 1.165) is 4.43 Å². The first-order chi connectivity index (χ1) is 4.77. The molecule has 0 heterocycles. The van der Waals surface area contributed by atoms with Crippen molar-refractivity contribution in [1.82, 2.24) is 0 Å². The summed E-state index contributed by atoms with van der Waals surface area (Å²) < 4.78 is 1.06. The third-order valence-corrected chi connectivity index (χ3v) is 5.24. The van der Waals surface area contributed by atoms with Crippen molar-refractivity contribution in [3.63, 3.8) is 0 Å². The molecule has 0 aliphatic carbocycles. The van der Waals surface area contributed by atoms with Gasteiger partial charge < -0.3 is 5.73 Å². The van der Waals surface area contributed by atoms with Crippen molar-refractivity contribution in [2.75, 3.05) is 4.43 Å². The monoisotopic (exact) mass is 285 g/mol. The van der Waals surface area contributed by atoms with Crippen LogP contribution < -0.4 is 5.73 Å². The molecule has 0 aromatic carbocycles. The van der Waals surface area contributed by atoms with Crippen molar-refractivity contribution in [1.29, 1.82) is 0 Å². The van der Waals surface area contributed by atoms with Gasteiger partial charge >= 0.3 is 0 Å². The van der Waals surface area contributed by atoms with Crippen LogP contribution in [0.1, 0.15) is 13.3 Å². The van der Waals surface area contributed by atoms with Crippen LogP contribution in [-0.2, 0) is 0 Å². The molecule has 0 fully saturated rings. The number of rotatable bonds is 4. The van der Waals surface area contributed by atoms with Crippen LogP contribution in [0.3, 0.4) is 0 Å². The lowest BCUT2D eigenvalue weighted by Crippen LogP contribution is -2.39. The van der Waals surface area contributed by atoms with Crippen LogP contribution in [0.4, 0.5) is 0 Å². The van der Waals surface area contributed by atoms with Crippen LogP contribution in [0.2, 0.25) is 25.7 Å². The highest BCUT2D eigenvalue weighted by Gasteiger charge is 2.21. The second-order valence-electron chi connectivity index (χ2n) is 4.85. The van der Waals surface area contributed by atoms with Crippen molar-refractivity contribution in [3.8, 4) is 0 Å². The second-order valence-corrected chi connectivity index (χ2v) is 11.2. The Morgan fingerprint density at radius 1 is 1.36 bits per heavy atom. The molecule has 1 unspecified atom stereocenters. The van der Waals surface area contributed by atoms with E-state index in [0.29, 0.717) is 0 Å². The SMILES string of the molecule is CC(N)(CI)CC[Si](C)(C)C. The molecule has 0 saturated carbocycles. The van der Waals surface area contributed by atoms with E-state index in [9.17, 15) is 0 Å². The summed E-state index contributed by atoms with van der Waals surface area (Å²) in [6, 6.07) is 1.35. The molecule has 0 aromatic rings.